The van der Waals surface area contributed by atoms with Gasteiger partial charge >= 0.3 is 0 Å². The molecule has 1 amide bonds. The maximum atomic E-state index is 12.7. The standard InChI is InChI=1S/C15H18N2O3/c1-19-15(20-2)10-17(12-8-9-16-13(12)15)14(18)11-6-4-3-5-7-11/h3-7,9,12-13H,8,10H2,1-2H3/t12-,13+/m1/s1. The molecule has 106 valence electrons. The predicted molar refractivity (Wildman–Crippen MR) is 74.9 cm³/mol. The summed E-state index contributed by atoms with van der Waals surface area (Å²) < 4.78 is 11.1. The van der Waals surface area contributed by atoms with Gasteiger partial charge in [-0.3, -0.25) is 9.79 Å². The molecule has 1 saturated heterocycles. The number of benzene rings is 1. The highest BCUT2D eigenvalue weighted by Crippen LogP contribution is 2.38. The van der Waals surface area contributed by atoms with Gasteiger partial charge in [-0.15, -0.1) is 0 Å². The molecule has 1 aromatic rings. The lowest BCUT2D eigenvalue weighted by Gasteiger charge is -2.28. The Labute approximate surface area is 118 Å². The second-order valence-electron chi connectivity index (χ2n) is 5.10. The molecule has 0 aliphatic carbocycles. The molecule has 0 saturated carbocycles. The second kappa shape index (κ2) is 5.00. The smallest absolute Gasteiger partial charge is 0.254 e. The lowest BCUT2D eigenvalue weighted by Crippen LogP contribution is -2.45. The number of nitrogens with zero attached hydrogens (tertiary/aromatic N) is 2. The third-order valence-corrected chi connectivity index (χ3v) is 4.19. The maximum Gasteiger partial charge on any atom is 0.254 e. The van der Waals surface area contributed by atoms with Gasteiger partial charge in [-0.25, -0.2) is 0 Å². The number of hydrogen-bond acceptors (Lipinski definition) is 4. The SMILES string of the molecule is COC1(OC)CN(C(=O)c2ccccc2)[C@@H]2CC=N[C@@H]21. The van der Waals surface area contributed by atoms with Gasteiger partial charge in [-0.1, -0.05) is 18.2 Å². The van der Waals surface area contributed by atoms with E-state index < -0.39 is 5.79 Å². The number of likely N-dealkylation sites (tertiary alicyclic amines) is 1. The van der Waals surface area contributed by atoms with Crippen LogP contribution >= 0.6 is 0 Å². The van der Waals surface area contributed by atoms with Crippen LogP contribution in [-0.2, 0) is 9.47 Å². The normalized spacial score (nSPS) is 26.8. The monoisotopic (exact) mass is 274 g/mol. The van der Waals surface area contributed by atoms with Gasteiger partial charge in [0.25, 0.3) is 5.91 Å². The molecule has 1 fully saturated rings. The summed E-state index contributed by atoms with van der Waals surface area (Å²) in [5.41, 5.74) is 0.682. The zero-order valence-corrected chi connectivity index (χ0v) is 11.7. The van der Waals surface area contributed by atoms with Crippen LogP contribution in [0.25, 0.3) is 0 Å². The van der Waals surface area contributed by atoms with Crippen molar-refractivity contribution in [1.29, 1.82) is 0 Å². The topological polar surface area (TPSA) is 51.1 Å². The molecule has 2 heterocycles. The van der Waals surface area contributed by atoms with E-state index in [9.17, 15) is 4.79 Å². The molecule has 1 aromatic carbocycles. The molecule has 0 N–H and O–H groups in total. The number of methoxy groups -OCH3 is 2. The second-order valence-corrected chi connectivity index (χ2v) is 5.10. The molecule has 0 unspecified atom stereocenters. The number of carbonyl (C=O) groups is 1. The summed E-state index contributed by atoms with van der Waals surface area (Å²) in [6.45, 7) is 0.403. The first-order valence-electron chi connectivity index (χ1n) is 6.70. The average Bonchev–Trinajstić information content (AvgIpc) is 3.09. The summed E-state index contributed by atoms with van der Waals surface area (Å²) >= 11 is 0. The number of aliphatic imine (C=N–C) groups is 1. The van der Waals surface area contributed by atoms with E-state index >= 15 is 0 Å². The first kappa shape index (κ1) is 13.3. The van der Waals surface area contributed by atoms with E-state index in [1.54, 1.807) is 14.2 Å². The quantitative estimate of drug-likeness (QED) is 0.782. The van der Waals surface area contributed by atoms with Crippen molar-refractivity contribution in [3.63, 3.8) is 0 Å². The molecular formula is C15H18N2O3. The summed E-state index contributed by atoms with van der Waals surface area (Å²) in [5, 5.41) is 0. The van der Waals surface area contributed by atoms with Crippen LogP contribution in [0.15, 0.2) is 35.3 Å². The summed E-state index contributed by atoms with van der Waals surface area (Å²) in [6, 6.07) is 9.15. The van der Waals surface area contributed by atoms with Gasteiger partial charge in [-0.05, 0) is 12.1 Å². The van der Waals surface area contributed by atoms with Crippen LogP contribution in [-0.4, -0.2) is 55.7 Å². The van der Waals surface area contributed by atoms with Gasteiger partial charge in [0.05, 0.1) is 12.6 Å². The van der Waals surface area contributed by atoms with E-state index in [4.69, 9.17) is 9.47 Å². The van der Waals surface area contributed by atoms with Crippen molar-refractivity contribution < 1.29 is 14.3 Å². The number of ether oxygens (including phenoxy) is 2. The Morgan fingerprint density at radius 1 is 1.30 bits per heavy atom. The molecule has 0 spiro atoms. The zero-order valence-electron chi connectivity index (χ0n) is 11.7. The van der Waals surface area contributed by atoms with Crippen LogP contribution in [0.2, 0.25) is 0 Å². The molecule has 2 aliphatic rings. The Balaban J connectivity index is 1.90. The largest absolute Gasteiger partial charge is 0.350 e. The van der Waals surface area contributed by atoms with Crippen LogP contribution in [0.3, 0.4) is 0 Å². The molecule has 0 bridgehead atoms. The molecule has 2 aliphatic heterocycles. The molecule has 0 radical (unpaired) electrons. The highest BCUT2D eigenvalue weighted by atomic mass is 16.7. The van der Waals surface area contributed by atoms with E-state index in [-0.39, 0.29) is 18.0 Å². The third kappa shape index (κ3) is 1.85. The first-order chi connectivity index (χ1) is 9.72. The van der Waals surface area contributed by atoms with Gasteiger partial charge < -0.3 is 14.4 Å². The highest BCUT2D eigenvalue weighted by molar-refractivity contribution is 5.95. The van der Waals surface area contributed by atoms with Gasteiger partial charge in [0.1, 0.15) is 6.04 Å². The lowest BCUT2D eigenvalue weighted by atomic mass is 10.1. The molecule has 5 heteroatoms. The lowest BCUT2D eigenvalue weighted by molar-refractivity contribution is -0.202. The molecule has 20 heavy (non-hydrogen) atoms. The fourth-order valence-electron chi connectivity index (χ4n) is 3.09. The fraction of sp³-hybridized carbons (Fsp3) is 0.467. The number of rotatable bonds is 3. The predicted octanol–water partition coefficient (Wildman–Crippen LogP) is 1.34. The summed E-state index contributed by atoms with van der Waals surface area (Å²) in [6.07, 6.45) is 2.60. The Kier molecular flexibility index (Phi) is 3.31. The van der Waals surface area contributed by atoms with Crippen molar-refractivity contribution in [3.05, 3.63) is 35.9 Å². The Hall–Kier alpha value is -1.72. The Bertz CT molecular complexity index is 525. The van der Waals surface area contributed by atoms with Gasteiger partial charge in [-0.2, -0.15) is 0 Å². The van der Waals surface area contributed by atoms with Crippen LogP contribution < -0.4 is 0 Å². The minimum absolute atomic E-state index is 0.00192. The molecule has 3 rings (SSSR count). The number of amides is 1. The van der Waals surface area contributed by atoms with E-state index in [1.807, 2.05) is 41.4 Å². The average molecular weight is 274 g/mol. The Morgan fingerprint density at radius 2 is 2.00 bits per heavy atom. The van der Waals surface area contributed by atoms with Crippen molar-refractivity contribution in [3.8, 4) is 0 Å². The number of hydrogen-bond donors (Lipinski definition) is 0. The van der Waals surface area contributed by atoms with Crippen LogP contribution in [0, 0.1) is 0 Å². The van der Waals surface area contributed by atoms with Gasteiger partial charge in [0.15, 0.2) is 0 Å². The molecular weight excluding hydrogens is 256 g/mol. The van der Waals surface area contributed by atoms with Crippen molar-refractivity contribution in [2.24, 2.45) is 4.99 Å². The maximum absolute atomic E-state index is 12.7. The van der Waals surface area contributed by atoms with Gasteiger partial charge in [0.2, 0.25) is 5.79 Å². The van der Waals surface area contributed by atoms with E-state index in [1.165, 1.54) is 0 Å². The fourth-order valence-corrected chi connectivity index (χ4v) is 3.09. The third-order valence-electron chi connectivity index (χ3n) is 4.19. The van der Waals surface area contributed by atoms with Gasteiger partial charge in [0, 0.05) is 32.4 Å². The van der Waals surface area contributed by atoms with Crippen LogP contribution in [0.1, 0.15) is 16.8 Å². The zero-order chi connectivity index (χ0) is 14.2. The summed E-state index contributed by atoms with van der Waals surface area (Å²) in [4.78, 5) is 18.9. The van der Waals surface area contributed by atoms with Crippen molar-refractivity contribution >= 4 is 12.1 Å². The number of fused-ring (bicyclic) bond motifs is 1. The molecule has 5 nitrogen and oxygen atoms in total. The van der Waals surface area contributed by atoms with E-state index in [2.05, 4.69) is 4.99 Å². The number of carbonyl (C=O) groups excluding carboxylic acids is 1. The highest BCUT2D eigenvalue weighted by Gasteiger charge is 2.56. The minimum atomic E-state index is -0.831. The van der Waals surface area contributed by atoms with Crippen LogP contribution in [0.5, 0.6) is 0 Å². The van der Waals surface area contributed by atoms with Crippen molar-refractivity contribution in [1.82, 2.24) is 4.90 Å². The van der Waals surface area contributed by atoms with E-state index in [0.717, 1.165) is 6.42 Å². The summed E-state index contributed by atoms with van der Waals surface area (Å²) in [5.74, 6) is -0.829. The van der Waals surface area contributed by atoms with E-state index in [0.29, 0.717) is 12.1 Å². The first-order valence-corrected chi connectivity index (χ1v) is 6.70. The Morgan fingerprint density at radius 3 is 2.65 bits per heavy atom. The van der Waals surface area contributed by atoms with Crippen molar-refractivity contribution in [2.75, 3.05) is 20.8 Å². The van der Waals surface area contributed by atoms with Crippen molar-refractivity contribution in [2.45, 2.75) is 24.3 Å². The van der Waals surface area contributed by atoms with Crippen LogP contribution in [0.4, 0.5) is 0 Å². The minimum Gasteiger partial charge on any atom is -0.350 e. The molecule has 2 atom stereocenters. The summed E-state index contributed by atoms with van der Waals surface area (Å²) in [7, 11) is 3.20. The molecule has 0 aromatic heterocycles.